The van der Waals surface area contributed by atoms with Crippen LogP contribution in [0.2, 0.25) is 0 Å². The summed E-state index contributed by atoms with van der Waals surface area (Å²) in [5.41, 5.74) is 3.69. The first-order valence-electron chi connectivity index (χ1n) is 10.0. The Morgan fingerprint density at radius 3 is 2.37 bits per heavy atom. The van der Waals surface area contributed by atoms with Gasteiger partial charge >= 0.3 is 0 Å². The number of aromatic nitrogens is 2. The average Bonchev–Trinajstić information content (AvgIpc) is 3.29. The second-order valence-corrected chi connectivity index (χ2v) is 7.02. The molecule has 0 saturated carbocycles. The Balaban J connectivity index is 0.00000320. The molecule has 2 N–H and O–H groups in total. The molecule has 0 aliphatic carbocycles. The number of nitrogens with zero attached hydrogens (tertiary/aromatic N) is 4. The van der Waals surface area contributed by atoms with E-state index >= 15 is 0 Å². The molecule has 0 aliphatic rings. The predicted octanol–water partition coefficient (Wildman–Crippen LogP) is 3.33. The third-order valence-corrected chi connectivity index (χ3v) is 4.72. The molecule has 160 valence electrons. The Morgan fingerprint density at radius 1 is 0.967 bits per heavy atom. The van der Waals surface area contributed by atoms with Crippen LogP contribution in [0.4, 0.5) is 0 Å². The number of hydrogen-bond acceptors (Lipinski definition) is 3. The summed E-state index contributed by atoms with van der Waals surface area (Å²) in [5, 5.41) is 11.0. The summed E-state index contributed by atoms with van der Waals surface area (Å²) < 4.78 is 1.86. The van der Waals surface area contributed by atoms with Crippen molar-refractivity contribution >= 4 is 29.9 Å². The van der Waals surface area contributed by atoms with Crippen LogP contribution < -0.4 is 10.6 Å². The molecule has 0 radical (unpaired) electrons. The molecule has 0 atom stereocenters. The second kappa shape index (κ2) is 13.0. The van der Waals surface area contributed by atoms with Crippen molar-refractivity contribution in [3.05, 3.63) is 84.2 Å². The van der Waals surface area contributed by atoms with E-state index in [1.54, 1.807) is 6.20 Å². The molecule has 7 heteroatoms. The van der Waals surface area contributed by atoms with Crippen molar-refractivity contribution in [1.29, 1.82) is 0 Å². The Hall–Kier alpha value is -2.39. The van der Waals surface area contributed by atoms with Crippen molar-refractivity contribution < 1.29 is 0 Å². The SMILES string of the molecule is CN=C(NCCc1ccc(-n2cccn2)cc1)NCCN(C)Cc1ccccc1.I. The van der Waals surface area contributed by atoms with Crippen LogP contribution in [-0.2, 0) is 13.0 Å². The maximum Gasteiger partial charge on any atom is 0.191 e. The van der Waals surface area contributed by atoms with Crippen LogP contribution in [0.1, 0.15) is 11.1 Å². The van der Waals surface area contributed by atoms with Gasteiger partial charge in [-0.25, -0.2) is 4.68 Å². The molecule has 3 aromatic rings. The lowest BCUT2D eigenvalue weighted by molar-refractivity contribution is 0.331. The third-order valence-electron chi connectivity index (χ3n) is 4.72. The highest BCUT2D eigenvalue weighted by Crippen LogP contribution is 2.08. The topological polar surface area (TPSA) is 57.5 Å². The lowest BCUT2D eigenvalue weighted by Crippen LogP contribution is -2.41. The fraction of sp³-hybridized carbons (Fsp3) is 0.304. The van der Waals surface area contributed by atoms with Crippen molar-refractivity contribution in [2.75, 3.05) is 33.7 Å². The van der Waals surface area contributed by atoms with Gasteiger partial charge in [-0.05, 0) is 42.8 Å². The molecule has 1 heterocycles. The summed E-state index contributed by atoms with van der Waals surface area (Å²) in [6, 6.07) is 20.9. The van der Waals surface area contributed by atoms with Gasteiger partial charge in [0.25, 0.3) is 0 Å². The van der Waals surface area contributed by atoms with E-state index in [2.05, 4.69) is 87.3 Å². The lowest BCUT2D eigenvalue weighted by atomic mass is 10.1. The fourth-order valence-electron chi connectivity index (χ4n) is 3.12. The number of likely N-dealkylation sites (N-methyl/N-ethyl adjacent to an activating group) is 1. The molecule has 3 rings (SSSR count). The Bertz CT molecular complexity index is 862. The van der Waals surface area contributed by atoms with Gasteiger partial charge in [-0.2, -0.15) is 5.10 Å². The van der Waals surface area contributed by atoms with Gasteiger partial charge in [-0.1, -0.05) is 42.5 Å². The van der Waals surface area contributed by atoms with Gasteiger partial charge in [-0.3, -0.25) is 4.99 Å². The summed E-state index contributed by atoms with van der Waals surface area (Å²) in [6.07, 6.45) is 4.67. The Morgan fingerprint density at radius 2 is 1.70 bits per heavy atom. The molecule has 6 nitrogen and oxygen atoms in total. The van der Waals surface area contributed by atoms with E-state index in [9.17, 15) is 0 Å². The van der Waals surface area contributed by atoms with Crippen LogP contribution in [0.15, 0.2) is 78.0 Å². The molecule has 0 unspecified atom stereocenters. The van der Waals surface area contributed by atoms with Crippen LogP contribution in [-0.4, -0.2) is 54.4 Å². The summed E-state index contributed by atoms with van der Waals surface area (Å²) in [5.74, 6) is 0.839. The molecule has 0 saturated heterocycles. The zero-order valence-electron chi connectivity index (χ0n) is 17.7. The Kier molecular flexibility index (Phi) is 10.4. The van der Waals surface area contributed by atoms with Crippen LogP contribution in [0.3, 0.4) is 0 Å². The van der Waals surface area contributed by atoms with Gasteiger partial charge in [-0.15, -0.1) is 24.0 Å². The number of halogens is 1. The van der Waals surface area contributed by atoms with Crippen LogP contribution >= 0.6 is 24.0 Å². The largest absolute Gasteiger partial charge is 0.356 e. The van der Waals surface area contributed by atoms with E-state index in [0.717, 1.165) is 44.2 Å². The number of rotatable bonds is 9. The lowest BCUT2D eigenvalue weighted by Gasteiger charge is -2.18. The zero-order valence-corrected chi connectivity index (χ0v) is 20.0. The number of aliphatic imine (C=N–C) groups is 1. The smallest absolute Gasteiger partial charge is 0.191 e. The average molecular weight is 518 g/mol. The molecule has 2 aromatic carbocycles. The number of nitrogens with one attached hydrogen (secondary N) is 2. The minimum absolute atomic E-state index is 0. The first kappa shape index (κ1) is 23.9. The predicted molar refractivity (Wildman–Crippen MR) is 135 cm³/mol. The highest BCUT2D eigenvalue weighted by atomic mass is 127. The van der Waals surface area contributed by atoms with E-state index in [1.165, 1.54) is 11.1 Å². The van der Waals surface area contributed by atoms with Crippen LogP contribution in [0, 0.1) is 0 Å². The van der Waals surface area contributed by atoms with Crippen molar-refractivity contribution in [3.63, 3.8) is 0 Å². The van der Waals surface area contributed by atoms with E-state index in [1.807, 2.05) is 24.0 Å². The molecule has 0 bridgehead atoms. The quantitative estimate of drug-likeness (QED) is 0.259. The van der Waals surface area contributed by atoms with E-state index in [0.29, 0.717) is 0 Å². The monoisotopic (exact) mass is 518 g/mol. The minimum atomic E-state index is 0. The van der Waals surface area contributed by atoms with Crippen molar-refractivity contribution in [2.24, 2.45) is 4.99 Å². The first-order chi connectivity index (χ1) is 14.2. The van der Waals surface area contributed by atoms with Gasteiger partial charge in [0, 0.05) is 45.6 Å². The number of benzene rings is 2. The maximum atomic E-state index is 4.31. The first-order valence-corrected chi connectivity index (χ1v) is 10.0. The second-order valence-electron chi connectivity index (χ2n) is 7.02. The van der Waals surface area contributed by atoms with Crippen LogP contribution in [0.25, 0.3) is 5.69 Å². The van der Waals surface area contributed by atoms with E-state index < -0.39 is 0 Å². The molecular formula is C23H31IN6. The summed E-state index contributed by atoms with van der Waals surface area (Å²) >= 11 is 0. The Labute approximate surface area is 196 Å². The summed E-state index contributed by atoms with van der Waals surface area (Å²) in [7, 11) is 3.94. The van der Waals surface area contributed by atoms with E-state index in [4.69, 9.17) is 0 Å². The normalized spacial score (nSPS) is 11.2. The molecule has 0 aliphatic heterocycles. The van der Waals surface area contributed by atoms with Crippen LogP contribution in [0.5, 0.6) is 0 Å². The van der Waals surface area contributed by atoms with Crippen molar-refractivity contribution in [3.8, 4) is 5.69 Å². The molecule has 0 spiro atoms. The third kappa shape index (κ3) is 7.79. The summed E-state index contributed by atoms with van der Waals surface area (Å²) in [4.78, 5) is 6.61. The molecule has 30 heavy (non-hydrogen) atoms. The number of hydrogen-bond donors (Lipinski definition) is 2. The van der Waals surface area contributed by atoms with E-state index in [-0.39, 0.29) is 24.0 Å². The van der Waals surface area contributed by atoms with Gasteiger partial charge in [0.05, 0.1) is 5.69 Å². The molecule has 0 amide bonds. The molecule has 1 aromatic heterocycles. The van der Waals surface area contributed by atoms with Gasteiger partial charge < -0.3 is 15.5 Å². The minimum Gasteiger partial charge on any atom is -0.356 e. The molecular weight excluding hydrogens is 487 g/mol. The standard InChI is InChI=1S/C23H30N6.HI/c1-24-23(26-16-18-28(2)19-21-7-4-3-5-8-21)25-15-13-20-9-11-22(12-10-20)29-17-6-14-27-29;/h3-12,14,17H,13,15-16,18-19H2,1-2H3,(H2,24,25,26);1H. The van der Waals surface area contributed by atoms with Crippen molar-refractivity contribution in [2.45, 2.75) is 13.0 Å². The number of guanidine groups is 1. The highest BCUT2D eigenvalue weighted by Gasteiger charge is 2.02. The zero-order chi connectivity index (χ0) is 20.3. The fourth-order valence-corrected chi connectivity index (χ4v) is 3.12. The summed E-state index contributed by atoms with van der Waals surface area (Å²) in [6.45, 7) is 3.58. The molecule has 0 fully saturated rings. The highest BCUT2D eigenvalue weighted by molar-refractivity contribution is 14.0. The van der Waals surface area contributed by atoms with Gasteiger partial charge in [0.2, 0.25) is 0 Å². The maximum absolute atomic E-state index is 4.31. The van der Waals surface area contributed by atoms with Gasteiger partial charge in [0.1, 0.15) is 0 Å². The van der Waals surface area contributed by atoms with Crippen molar-refractivity contribution in [1.82, 2.24) is 25.3 Å². The van der Waals surface area contributed by atoms with Gasteiger partial charge in [0.15, 0.2) is 5.96 Å².